The summed E-state index contributed by atoms with van der Waals surface area (Å²) < 4.78 is 0. The Morgan fingerprint density at radius 1 is 1.42 bits per heavy atom. The van der Waals surface area contributed by atoms with Gasteiger partial charge in [-0.05, 0) is 24.7 Å². The predicted octanol–water partition coefficient (Wildman–Crippen LogP) is 1.32. The number of rotatable bonds is 4. The first-order valence-corrected chi connectivity index (χ1v) is 6.75. The van der Waals surface area contributed by atoms with Crippen LogP contribution in [0.4, 0.5) is 5.82 Å². The Kier molecular flexibility index (Phi) is 4.31. The highest BCUT2D eigenvalue weighted by Crippen LogP contribution is 2.33. The van der Waals surface area contributed by atoms with Gasteiger partial charge in [-0.25, -0.2) is 15.8 Å². The van der Waals surface area contributed by atoms with E-state index >= 15 is 0 Å². The van der Waals surface area contributed by atoms with E-state index in [4.69, 9.17) is 5.84 Å². The van der Waals surface area contributed by atoms with Gasteiger partial charge in [0.25, 0.3) is 5.91 Å². The van der Waals surface area contributed by atoms with E-state index in [0.29, 0.717) is 23.3 Å². The first-order valence-electron chi connectivity index (χ1n) is 6.75. The number of amides is 1. The van der Waals surface area contributed by atoms with Gasteiger partial charge in [0.05, 0.1) is 12.4 Å². The number of hydrazine groups is 1. The van der Waals surface area contributed by atoms with Crippen LogP contribution in [0.5, 0.6) is 0 Å². The Labute approximate surface area is 113 Å². The summed E-state index contributed by atoms with van der Waals surface area (Å²) in [6.45, 7) is 4.41. The lowest BCUT2D eigenvalue weighted by atomic mass is 9.93. The van der Waals surface area contributed by atoms with Gasteiger partial charge in [-0.2, -0.15) is 0 Å². The van der Waals surface area contributed by atoms with Gasteiger partial charge in [0, 0.05) is 6.04 Å². The third kappa shape index (κ3) is 3.01. The molecule has 1 aromatic heterocycles. The lowest BCUT2D eigenvalue weighted by molar-refractivity contribution is 0.0921. The monoisotopic (exact) mass is 263 g/mol. The standard InChI is InChI=1S/C13H21N5O/c1-3-9-4-5-10(8(9)2)17-13(19)11-6-16-12(18-14)7-15-11/h6-10H,3-5,14H2,1-2H3,(H,16,18)(H,17,19). The summed E-state index contributed by atoms with van der Waals surface area (Å²) in [6, 6.07) is 0.242. The molecule has 3 unspecified atom stereocenters. The molecular weight excluding hydrogens is 242 g/mol. The van der Waals surface area contributed by atoms with Gasteiger partial charge in [-0.3, -0.25) is 4.79 Å². The average Bonchev–Trinajstić information content (AvgIpc) is 2.79. The molecule has 0 spiro atoms. The van der Waals surface area contributed by atoms with Crippen molar-refractivity contribution in [3.8, 4) is 0 Å². The van der Waals surface area contributed by atoms with Gasteiger partial charge in [-0.15, -0.1) is 0 Å². The molecule has 6 nitrogen and oxygen atoms in total. The topological polar surface area (TPSA) is 92.9 Å². The van der Waals surface area contributed by atoms with Crippen molar-refractivity contribution in [3.05, 3.63) is 18.1 Å². The van der Waals surface area contributed by atoms with Crippen molar-refractivity contribution in [2.45, 2.75) is 39.2 Å². The summed E-state index contributed by atoms with van der Waals surface area (Å²) >= 11 is 0. The zero-order valence-corrected chi connectivity index (χ0v) is 11.4. The number of carbonyl (C=O) groups is 1. The zero-order chi connectivity index (χ0) is 13.8. The van der Waals surface area contributed by atoms with E-state index < -0.39 is 0 Å². The highest BCUT2D eigenvalue weighted by Gasteiger charge is 2.32. The highest BCUT2D eigenvalue weighted by molar-refractivity contribution is 5.92. The van der Waals surface area contributed by atoms with E-state index in [9.17, 15) is 4.79 Å². The molecule has 6 heteroatoms. The second-order valence-corrected chi connectivity index (χ2v) is 5.12. The Morgan fingerprint density at radius 2 is 2.21 bits per heavy atom. The first-order chi connectivity index (χ1) is 9.15. The van der Waals surface area contributed by atoms with Gasteiger partial charge in [0.1, 0.15) is 5.69 Å². The molecule has 3 atom stereocenters. The number of hydrogen-bond acceptors (Lipinski definition) is 5. The van der Waals surface area contributed by atoms with Crippen LogP contribution in [-0.2, 0) is 0 Å². The summed E-state index contributed by atoms with van der Waals surface area (Å²) in [6.07, 6.45) is 6.28. The first kappa shape index (κ1) is 13.7. The van der Waals surface area contributed by atoms with Crippen LogP contribution in [0, 0.1) is 11.8 Å². The largest absolute Gasteiger partial charge is 0.348 e. The molecule has 1 amide bonds. The van der Waals surface area contributed by atoms with E-state index in [-0.39, 0.29) is 11.9 Å². The minimum Gasteiger partial charge on any atom is -0.348 e. The minimum absolute atomic E-state index is 0.162. The Morgan fingerprint density at radius 3 is 2.74 bits per heavy atom. The minimum atomic E-state index is -0.162. The maximum absolute atomic E-state index is 12.1. The summed E-state index contributed by atoms with van der Waals surface area (Å²) in [5.41, 5.74) is 2.71. The number of aromatic nitrogens is 2. The maximum Gasteiger partial charge on any atom is 0.271 e. The Bertz CT molecular complexity index is 433. The Balaban J connectivity index is 1.97. The van der Waals surface area contributed by atoms with Crippen LogP contribution in [0.25, 0.3) is 0 Å². The van der Waals surface area contributed by atoms with Crippen LogP contribution in [-0.4, -0.2) is 21.9 Å². The fourth-order valence-electron chi connectivity index (χ4n) is 2.79. The van der Waals surface area contributed by atoms with E-state index in [0.717, 1.165) is 6.42 Å². The second kappa shape index (κ2) is 5.97. The molecule has 0 radical (unpaired) electrons. The van der Waals surface area contributed by atoms with Crippen LogP contribution in [0.15, 0.2) is 12.4 Å². The lowest BCUT2D eigenvalue weighted by Crippen LogP contribution is -2.38. The van der Waals surface area contributed by atoms with Crippen molar-refractivity contribution in [1.29, 1.82) is 0 Å². The van der Waals surface area contributed by atoms with Crippen LogP contribution >= 0.6 is 0 Å². The lowest BCUT2D eigenvalue weighted by Gasteiger charge is -2.20. The maximum atomic E-state index is 12.1. The molecular formula is C13H21N5O. The SMILES string of the molecule is CCC1CCC(NC(=O)c2cnc(NN)cn2)C1C. The fourth-order valence-corrected chi connectivity index (χ4v) is 2.79. The number of nitrogens with one attached hydrogen (secondary N) is 2. The third-order valence-corrected chi connectivity index (χ3v) is 4.10. The molecule has 104 valence electrons. The molecule has 1 aromatic rings. The highest BCUT2D eigenvalue weighted by atomic mass is 16.1. The van der Waals surface area contributed by atoms with E-state index in [1.807, 2.05) is 0 Å². The average molecular weight is 263 g/mol. The molecule has 1 aliphatic rings. The van der Waals surface area contributed by atoms with Crippen molar-refractivity contribution in [1.82, 2.24) is 15.3 Å². The molecule has 0 aromatic carbocycles. The quantitative estimate of drug-likeness (QED) is 0.562. The molecule has 0 bridgehead atoms. The van der Waals surface area contributed by atoms with Crippen LogP contribution in [0.2, 0.25) is 0 Å². The van der Waals surface area contributed by atoms with E-state index in [2.05, 4.69) is 34.6 Å². The smallest absolute Gasteiger partial charge is 0.271 e. The van der Waals surface area contributed by atoms with Crippen molar-refractivity contribution in [2.24, 2.45) is 17.7 Å². The van der Waals surface area contributed by atoms with Gasteiger partial charge < -0.3 is 10.7 Å². The molecule has 0 aliphatic heterocycles. The van der Waals surface area contributed by atoms with Crippen molar-refractivity contribution < 1.29 is 4.79 Å². The normalized spacial score (nSPS) is 26.2. The number of anilines is 1. The molecule has 4 N–H and O–H groups in total. The van der Waals surface area contributed by atoms with Gasteiger partial charge >= 0.3 is 0 Å². The van der Waals surface area contributed by atoms with Crippen LogP contribution < -0.4 is 16.6 Å². The second-order valence-electron chi connectivity index (χ2n) is 5.12. The molecule has 2 rings (SSSR count). The summed E-state index contributed by atoms with van der Waals surface area (Å²) in [5.74, 6) is 6.71. The van der Waals surface area contributed by atoms with Crippen LogP contribution in [0.3, 0.4) is 0 Å². The van der Waals surface area contributed by atoms with E-state index in [1.165, 1.54) is 25.2 Å². The Hall–Kier alpha value is -1.69. The van der Waals surface area contributed by atoms with Gasteiger partial charge in [0.15, 0.2) is 5.82 Å². The number of nitrogens with zero attached hydrogens (tertiary/aromatic N) is 2. The molecule has 1 saturated carbocycles. The van der Waals surface area contributed by atoms with Crippen molar-refractivity contribution >= 4 is 11.7 Å². The van der Waals surface area contributed by atoms with Gasteiger partial charge in [-0.1, -0.05) is 20.3 Å². The zero-order valence-electron chi connectivity index (χ0n) is 11.4. The van der Waals surface area contributed by atoms with Crippen molar-refractivity contribution in [2.75, 3.05) is 5.43 Å². The molecule has 1 aliphatic carbocycles. The molecule has 1 fully saturated rings. The third-order valence-electron chi connectivity index (χ3n) is 4.10. The van der Waals surface area contributed by atoms with Crippen molar-refractivity contribution in [3.63, 3.8) is 0 Å². The predicted molar refractivity (Wildman–Crippen MR) is 73.3 cm³/mol. The summed E-state index contributed by atoms with van der Waals surface area (Å²) in [4.78, 5) is 20.1. The molecule has 1 heterocycles. The van der Waals surface area contributed by atoms with E-state index in [1.54, 1.807) is 0 Å². The molecule has 19 heavy (non-hydrogen) atoms. The molecule has 0 saturated heterocycles. The number of hydrogen-bond donors (Lipinski definition) is 3. The number of nitrogen functional groups attached to an aromatic ring is 1. The summed E-state index contributed by atoms with van der Waals surface area (Å²) in [7, 11) is 0. The fraction of sp³-hybridized carbons (Fsp3) is 0.615. The summed E-state index contributed by atoms with van der Waals surface area (Å²) in [5, 5.41) is 3.05. The number of carbonyl (C=O) groups excluding carboxylic acids is 1. The van der Waals surface area contributed by atoms with Crippen LogP contribution in [0.1, 0.15) is 43.6 Å². The van der Waals surface area contributed by atoms with Gasteiger partial charge in [0.2, 0.25) is 0 Å². The number of nitrogens with two attached hydrogens (primary N) is 1.